The van der Waals surface area contributed by atoms with E-state index in [4.69, 9.17) is 9.84 Å². The van der Waals surface area contributed by atoms with Crippen LogP contribution in [-0.4, -0.2) is 23.7 Å². The van der Waals surface area contributed by atoms with Gasteiger partial charge in [0.1, 0.15) is 11.6 Å². The summed E-state index contributed by atoms with van der Waals surface area (Å²) in [6, 6.07) is 3.64. The second-order valence-corrected chi connectivity index (χ2v) is 4.39. The second-order valence-electron chi connectivity index (χ2n) is 4.39. The first kappa shape index (κ1) is 12.8. The van der Waals surface area contributed by atoms with Gasteiger partial charge in [-0.15, -0.1) is 0 Å². The first-order valence-electron chi connectivity index (χ1n) is 6.05. The molecule has 0 spiro atoms. The van der Waals surface area contributed by atoms with E-state index in [-0.39, 0.29) is 23.4 Å². The van der Waals surface area contributed by atoms with E-state index in [1.165, 1.54) is 12.1 Å². The highest BCUT2D eigenvalue weighted by Gasteiger charge is 2.17. The Labute approximate surface area is 105 Å². The topological polar surface area (TPSA) is 58.6 Å². The van der Waals surface area contributed by atoms with E-state index in [0.717, 1.165) is 25.5 Å². The van der Waals surface area contributed by atoms with Crippen LogP contribution in [0.1, 0.15) is 25.7 Å². The Balaban J connectivity index is 1.82. The largest absolute Gasteiger partial charge is 0.508 e. The molecule has 1 saturated heterocycles. The van der Waals surface area contributed by atoms with Gasteiger partial charge in [0.15, 0.2) is 0 Å². The van der Waals surface area contributed by atoms with Crippen molar-refractivity contribution in [3.63, 3.8) is 0 Å². The van der Waals surface area contributed by atoms with Gasteiger partial charge >= 0.3 is 0 Å². The number of phenolic OH excluding ortho intramolecular Hbond substituents is 1. The van der Waals surface area contributed by atoms with Crippen molar-refractivity contribution >= 4 is 11.6 Å². The molecule has 0 radical (unpaired) electrons. The number of phenols is 1. The quantitative estimate of drug-likeness (QED) is 0.810. The molecule has 1 heterocycles. The Morgan fingerprint density at radius 1 is 1.56 bits per heavy atom. The number of amides is 1. The predicted molar refractivity (Wildman–Crippen MR) is 64.9 cm³/mol. The Bertz CT molecular complexity index is 430. The van der Waals surface area contributed by atoms with Gasteiger partial charge in [-0.25, -0.2) is 4.39 Å². The number of hydrogen-bond acceptors (Lipinski definition) is 3. The Morgan fingerprint density at radius 3 is 3.06 bits per heavy atom. The van der Waals surface area contributed by atoms with Crippen LogP contribution in [0.15, 0.2) is 18.2 Å². The highest BCUT2D eigenvalue weighted by atomic mass is 19.1. The number of ether oxygens (including phenoxy) is 1. The number of benzene rings is 1. The maximum atomic E-state index is 13.4. The molecule has 2 N–H and O–H groups in total. The summed E-state index contributed by atoms with van der Waals surface area (Å²) in [4.78, 5) is 11.6. The molecule has 1 aromatic carbocycles. The van der Waals surface area contributed by atoms with Crippen molar-refractivity contribution in [2.24, 2.45) is 0 Å². The SMILES string of the molecule is O=C(CCC1CCCO1)Nc1ccc(O)cc1F. The fourth-order valence-electron chi connectivity index (χ4n) is 1.98. The fraction of sp³-hybridized carbons (Fsp3) is 0.462. The molecule has 0 aliphatic carbocycles. The zero-order valence-electron chi connectivity index (χ0n) is 9.99. The number of carbonyl (C=O) groups is 1. The van der Waals surface area contributed by atoms with Gasteiger partial charge in [0.25, 0.3) is 0 Å². The average molecular weight is 253 g/mol. The summed E-state index contributed by atoms with van der Waals surface area (Å²) in [6.45, 7) is 0.763. The fourth-order valence-corrected chi connectivity index (χ4v) is 1.98. The first-order chi connectivity index (χ1) is 8.65. The Kier molecular flexibility index (Phi) is 4.15. The normalized spacial score (nSPS) is 18.8. The molecule has 4 nitrogen and oxygen atoms in total. The molecule has 0 bridgehead atoms. The molecule has 0 saturated carbocycles. The van der Waals surface area contributed by atoms with E-state index in [2.05, 4.69) is 5.32 Å². The van der Waals surface area contributed by atoms with E-state index in [9.17, 15) is 9.18 Å². The molecule has 1 aliphatic rings. The molecule has 0 aromatic heterocycles. The maximum absolute atomic E-state index is 13.4. The highest BCUT2D eigenvalue weighted by Crippen LogP contribution is 2.21. The van der Waals surface area contributed by atoms with Crippen LogP contribution in [-0.2, 0) is 9.53 Å². The molecule has 5 heteroatoms. The van der Waals surface area contributed by atoms with E-state index >= 15 is 0 Å². The van der Waals surface area contributed by atoms with Crippen molar-refractivity contribution in [3.8, 4) is 5.75 Å². The van der Waals surface area contributed by atoms with E-state index in [0.29, 0.717) is 12.8 Å². The number of anilines is 1. The summed E-state index contributed by atoms with van der Waals surface area (Å²) in [7, 11) is 0. The Morgan fingerprint density at radius 2 is 2.39 bits per heavy atom. The molecule has 18 heavy (non-hydrogen) atoms. The van der Waals surface area contributed by atoms with E-state index in [1.807, 2.05) is 0 Å². The predicted octanol–water partition coefficient (Wildman–Crippen LogP) is 2.43. The summed E-state index contributed by atoms with van der Waals surface area (Å²) in [5.41, 5.74) is 0.0881. The average Bonchev–Trinajstić information content (AvgIpc) is 2.83. The van der Waals surface area contributed by atoms with Crippen molar-refractivity contribution in [1.82, 2.24) is 0 Å². The smallest absolute Gasteiger partial charge is 0.224 e. The molecular formula is C13H16FNO3. The molecule has 1 unspecified atom stereocenters. The second kappa shape index (κ2) is 5.82. The molecule has 2 rings (SSSR count). The third kappa shape index (κ3) is 3.43. The number of aromatic hydroxyl groups is 1. The number of rotatable bonds is 4. The van der Waals surface area contributed by atoms with Gasteiger partial charge in [-0.3, -0.25) is 4.79 Å². The van der Waals surface area contributed by atoms with Crippen molar-refractivity contribution in [1.29, 1.82) is 0 Å². The molecule has 1 aliphatic heterocycles. The number of hydrogen-bond donors (Lipinski definition) is 2. The summed E-state index contributed by atoms with van der Waals surface area (Å²) in [5, 5.41) is 11.5. The van der Waals surface area contributed by atoms with Crippen molar-refractivity contribution in [3.05, 3.63) is 24.0 Å². The van der Waals surface area contributed by atoms with Crippen molar-refractivity contribution < 1.29 is 19.0 Å². The molecule has 98 valence electrons. The van der Waals surface area contributed by atoms with Crippen LogP contribution in [0, 0.1) is 5.82 Å². The number of nitrogens with one attached hydrogen (secondary N) is 1. The minimum absolute atomic E-state index is 0.0881. The van der Waals surface area contributed by atoms with Gasteiger partial charge in [0.2, 0.25) is 5.91 Å². The summed E-state index contributed by atoms with van der Waals surface area (Å²) < 4.78 is 18.8. The summed E-state index contributed by atoms with van der Waals surface area (Å²) in [6.07, 6.45) is 3.15. The summed E-state index contributed by atoms with van der Waals surface area (Å²) in [5.74, 6) is -1.04. The van der Waals surface area contributed by atoms with Gasteiger partial charge in [-0.1, -0.05) is 0 Å². The third-order valence-corrected chi connectivity index (χ3v) is 2.94. The highest BCUT2D eigenvalue weighted by molar-refractivity contribution is 5.90. The third-order valence-electron chi connectivity index (χ3n) is 2.94. The molecule has 1 atom stereocenters. The number of halogens is 1. The van der Waals surface area contributed by atoms with Crippen LogP contribution in [0.5, 0.6) is 5.75 Å². The summed E-state index contributed by atoms with van der Waals surface area (Å²) >= 11 is 0. The standard InChI is InChI=1S/C13H16FNO3/c14-11-8-9(16)3-5-12(11)15-13(17)6-4-10-2-1-7-18-10/h3,5,8,10,16H,1-2,4,6-7H2,(H,15,17). The van der Waals surface area contributed by atoms with Gasteiger partial charge in [0.05, 0.1) is 11.8 Å². The molecular weight excluding hydrogens is 237 g/mol. The zero-order valence-corrected chi connectivity index (χ0v) is 9.99. The molecule has 1 aromatic rings. The van der Waals surface area contributed by atoms with Gasteiger partial charge < -0.3 is 15.2 Å². The van der Waals surface area contributed by atoms with Gasteiger partial charge in [-0.05, 0) is 31.4 Å². The monoisotopic (exact) mass is 253 g/mol. The van der Waals surface area contributed by atoms with Crippen LogP contribution in [0.2, 0.25) is 0 Å². The van der Waals surface area contributed by atoms with Crippen molar-refractivity contribution in [2.75, 3.05) is 11.9 Å². The first-order valence-corrected chi connectivity index (χ1v) is 6.05. The lowest BCUT2D eigenvalue weighted by atomic mass is 10.1. The van der Waals surface area contributed by atoms with Crippen LogP contribution in [0.25, 0.3) is 0 Å². The van der Waals surface area contributed by atoms with Gasteiger partial charge in [-0.2, -0.15) is 0 Å². The van der Waals surface area contributed by atoms with Crippen molar-refractivity contribution in [2.45, 2.75) is 31.8 Å². The number of carbonyl (C=O) groups excluding carboxylic acids is 1. The minimum Gasteiger partial charge on any atom is -0.508 e. The Hall–Kier alpha value is -1.62. The van der Waals surface area contributed by atoms with Crippen LogP contribution in [0.4, 0.5) is 10.1 Å². The van der Waals surface area contributed by atoms with Crippen LogP contribution in [0.3, 0.4) is 0 Å². The lowest BCUT2D eigenvalue weighted by molar-refractivity contribution is -0.116. The lowest BCUT2D eigenvalue weighted by Crippen LogP contribution is -2.15. The van der Waals surface area contributed by atoms with E-state index < -0.39 is 5.82 Å². The van der Waals surface area contributed by atoms with Gasteiger partial charge in [0, 0.05) is 19.1 Å². The van der Waals surface area contributed by atoms with Crippen LogP contribution >= 0.6 is 0 Å². The lowest BCUT2D eigenvalue weighted by Gasteiger charge is -2.10. The molecule has 1 amide bonds. The van der Waals surface area contributed by atoms with E-state index in [1.54, 1.807) is 0 Å². The van der Waals surface area contributed by atoms with Crippen LogP contribution < -0.4 is 5.32 Å². The maximum Gasteiger partial charge on any atom is 0.224 e. The minimum atomic E-state index is -0.638. The zero-order chi connectivity index (χ0) is 13.0. The molecule has 1 fully saturated rings.